The highest BCUT2D eigenvalue weighted by Crippen LogP contribution is 2.19. The molecule has 2 atom stereocenters. The minimum absolute atomic E-state index is 0.00702. The number of carbonyl (C=O) groups excluding carboxylic acids is 1. The van der Waals surface area contributed by atoms with E-state index in [1.807, 2.05) is 37.3 Å². The van der Waals surface area contributed by atoms with Gasteiger partial charge in [0.25, 0.3) is 0 Å². The normalized spacial score (nSPS) is 18.3. The van der Waals surface area contributed by atoms with E-state index < -0.39 is 0 Å². The molecule has 3 N–H and O–H groups in total. The largest absolute Gasteiger partial charge is 0.381 e. The van der Waals surface area contributed by atoms with Crippen LogP contribution in [-0.4, -0.2) is 38.4 Å². The van der Waals surface area contributed by atoms with Gasteiger partial charge in [-0.05, 0) is 24.8 Å². The number of hydrogen-bond acceptors (Lipinski definition) is 4. The molecule has 1 heterocycles. The summed E-state index contributed by atoms with van der Waals surface area (Å²) in [4.78, 5) is 12.2. The third-order valence-corrected chi connectivity index (χ3v) is 4.28. The van der Waals surface area contributed by atoms with Crippen molar-refractivity contribution in [1.29, 1.82) is 0 Å². The van der Waals surface area contributed by atoms with Gasteiger partial charge in [-0.1, -0.05) is 37.3 Å². The molecule has 0 aliphatic carbocycles. The fourth-order valence-corrected chi connectivity index (χ4v) is 2.66. The molecule has 1 aromatic carbocycles. The molecule has 0 bridgehead atoms. The topological polar surface area (TPSA) is 73.6 Å². The molecule has 1 aliphatic rings. The van der Waals surface area contributed by atoms with Crippen molar-refractivity contribution < 1.29 is 14.3 Å². The zero-order valence-electron chi connectivity index (χ0n) is 13.9. The molecule has 128 valence electrons. The molecule has 1 amide bonds. The van der Waals surface area contributed by atoms with Crippen molar-refractivity contribution in [2.24, 2.45) is 11.7 Å². The van der Waals surface area contributed by atoms with Crippen LogP contribution in [0, 0.1) is 5.92 Å². The van der Waals surface area contributed by atoms with Crippen molar-refractivity contribution in [2.45, 2.75) is 38.3 Å². The van der Waals surface area contributed by atoms with Crippen LogP contribution in [0.25, 0.3) is 0 Å². The standard InChI is InChI=1S/C18H28N2O3/c1-14(17(19)15-6-3-2-4-7-15)18(21)20-10-5-11-23-16-8-12-22-13-9-16/h2-4,6-7,14,16-17H,5,8-13,19H2,1H3,(H,20,21). The minimum Gasteiger partial charge on any atom is -0.381 e. The van der Waals surface area contributed by atoms with E-state index in [1.54, 1.807) is 0 Å². The Morgan fingerprint density at radius 3 is 2.74 bits per heavy atom. The van der Waals surface area contributed by atoms with Crippen LogP contribution in [0.15, 0.2) is 30.3 Å². The number of nitrogens with two attached hydrogens (primary N) is 1. The molecule has 1 aliphatic heterocycles. The van der Waals surface area contributed by atoms with Gasteiger partial charge in [-0.3, -0.25) is 4.79 Å². The maximum Gasteiger partial charge on any atom is 0.224 e. The number of nitrogens with one attached hydrogen (secondary N) is 1. The van der Waals surface area contributed by atoms with E-state index in [0.717, 1.165) is 38.0 Å². The number of amides is 1. The molecule has 1 fully saturated rings. The molecule has 0 spiro atoms. The fraction of sp³-hybridized carbons (Fsp3) is 0.611. The lowest BCUT2D eigenvalue weighted by molar-refractivity contribution is -0.125. The zero-order chi connectivity index (χ0) is 16.5. The number of benzene rings is 1. The highest BCUT2D eigenvalue weighted by molar-refractivity contribution is 5.79. The quantitative estimate of drug-likeness (QED) is 0.719. The first kappa shape index (κ1) is 17.9. The Morgan fingerprint density at radius 2 is 2.04 bits per heavy atom. The first-order chi connectivity index (χ1) is 11.2. The molecule has 5 heteroatoms. The molecule has 0 radical (unpaired) electrons. The Morgan fingerprint density at radius 1 is 1.35 bits per heavy atom. The molecule has 0 saturated carbocycles. The van der Waals surface area contributed by atoms with Crippen molar-refractivity contribution >= 4 is 5.91 Å². The van der Waals surface area contributed by atoms with Crippen molar-refractivity contribution in [1.82, 2.24) is 5.32 Å². The number of ether oxygens (including phenoxy) is 2. The van der Waals surface area contributed by atoms with E-state index >= 15 is 0 Å². The number of hydrogen-bond donors (Lipinski definition) is 2. The van der Waals surface area contributed by atoms with Crippen molar-refractivity contribution in [2.75, 3.05) is 26.4 Å². The van der Waals surface area contributed by atoms with Gasteiger partial charge in [-0.25, -0.2) is 0 Å². The van der Waals surface area contributed by atoms with E-state index in [-0.39, 0.29) is 17.9 Å². The zero-order valence-corrected chi connectivity index (χ0v) is 13.9. The molecule has 2 unspecified atom stereocenters. The average molecular weight is 320 g/mol. The summed E-state index contributed by atoms with van der Waals surface area (Å²) in [7, 11) is 0. The molecule has 1 aromatic rings. The fourth-order valence-electron chi connectivity index (χ4n) is 2.66. The predicted octanol–water partition coefficient (Wildman–Crippen LogP) is 2.02. The SMILES string of the molecule is CC(C(=O)NCCCOC1CCOCC1)C(N)c1ccccc1. The van der Waals surface area contributed by atoms with Crippen LogP contribution in [0.1, 0.15) is 37.8 Å². The molecule has 23 heavy (non-hydrogen) atoms. The Labute approximate surface area is 138 Å². The molecule has 1 saturated heterocycles. The van der Waals surface area contributed by atoms with Crippen molar-refractivity contribution in [3.63, 3.8) is 0 Å². The molecular formula is C18H28N2O3. The smallest absolute Gasteiger partial charge is 0.224 e. The number of rotatable bonds is 8. The third-order valence-electron chi connectivity index (χ3n) is 4.28. The lowest BCUT2D eigenvalue weighted by Crippen LogP contribution is -2.36. The van der Waals surface area contributed by atoms with Crippen LogP contribution >= 0.6 is 0 Å². The van der Waals surface area contributed by atoms with Gasteiger partial charge in [-0.15, -0.1) is 0 Å². The van der Waals surface area contributed by atoms with Crippen LogP contribution in [0.3, 0.4) is 0 Å². The van der Waals surface area contributed by atoms with Gasteiger partial charge in [0.2, 0.25) is 5.91 Å². The monoisotopic (exact) mass is 320 g/mol. The van der Waals surface area contributed by atoms with Gasteiger partial charge in [0, 0.05) is 32.4 Å². The summed E-state index contributed by atoms with van der Waals surface area (Å²) in [5.74, 6) is -0.263. The minimum atomic E-state index is -0.283. The predicted molar refractivity (Wildman–Crippen MR) is 90.0 cm³/mol. The van der Waals surface area contributed by atoms with Gasteiger partial charge >= 0.3 is 0 Å². The summed E-state index contributed by atoms with van der Waals surface area (Å²) in [6.07, 6.45) is 3.06. The molecule has 2 rings (SSSR count). The van der Waals surface area contributed by atoms with E-state index in [1.165, 1.54) is 0 Å². The number of carbonyl (C=O) groups is 1. The first-order valence-electron chi connectivity index (χ1n) is 8.46. The Kier molecular flexibility index (Phi) is 7.52. The van der Waals surface area contributed by atoms with Gasteiger partial charge < -0.3 is 20.5 Å². The Balaban J connectivity index is 1.62. The van der Waals surface area contributed by atoms with Crippen LogP contribution in [0.2, 0.25) is 0 Å². The average Bonchev–Trinajstić information content (AvgIpc) is 2.61. The maximum atomic E-state index is 12.2. The van der Waals surface area contributed by atoms with Crippen LogP contribution < -0.4 is 11.1 Å². The van der Waals surface area contributed by atoms with E-state index in [9.17, 15) is 4.79 Å². The van der Waals surface area contributed by atoms with E-state index in [0.29, 0.717) is 19.3 Å². The van der Waals surface area contributed by atoms with Gasteiger partial charge in [0.05, 0.1) is 12.0 Å². The highest BCUT2D eigenvalue weighted by atomic mass is 16.5. The second-order valence-electron chi connectivity index (χ2n) is 6.05. The van der Waals surface area contributed by atoms with Crippen LogP contribution in [0.5, 0.6) is 0 Å². The summed E-state index contributed by atoms with van der Waals surface area (Å²) in [6.45, 7) is 4.73. The summed E-state index contributed by atoms with van der Waals surface area (Å²) in [5.41, 5.74) is 7.15. The first-order valence-corrected chi connectivity index (χ1v) is 8.46. The van der Waals surface area contributed by atoms with Crippen LogP contribution in [0.4, 0.5) is 0 Å². The Hall–Kier alpha value is -1.43. The summed E-state index contributed by atoms with van der Waals surface area (Å²) >= 11 is 0. The van der Waals surface area contributed by atoms with Gasteiger partial charge in [0.1, 0.15) is 0 Å². The second kappa shape index (κ2) is 9.65. The molecule has 5 nitrogen and oxygen atoms in total. The van der Waals surface area contributed by atoms with Crippen LogP contribution in [-0.2, 0) is 14.3 Å². The summed E-state index contributed by atoms with van der Waals surface area (Å²) in [5, 5.41) is 2.95. The lowest BCUT2D eigenvalue weighted by Gasteiger charge is -2.22. The second-order valence-corrected chi connectivity index (χ2v) is 6.05. The Bertz CT molecular complexity index is 461. The van der Waals surface area contributed by atoms with Gasteiger partial charge in [-0.2, -0.15) is 0 Å². The third kappa shape index (κ3) is 5.94. The van der Waals surface area contributed by atoms with Crippen molar-refractivity contribution in [3.05, 3.63) is 35.9 Å². The summed E-state index contributed by atoms with van der Waals surface area (Å²) in [6, 6.07) is 9.45. The lowest BCUT2D eigenvalue weighted by atomic mass is 9.95. The molecular weight excluding hydrogens is 292 g/mol. The van der Waals surface area contributed by atoms with E-state index in [4.69, 9.17) is 15.2 Å². The highest BCUT2D eigenvalue weighted by Gasteiger charge is 2.21. The van der Waals surface area contributed by atoms with E-state index in [2.05, 4.69) is 5.32 Å². The van der Waals surface area contributed by atoms with Gasteiger partial charge in [0.15, 0.2) is 0 Å². The van der Waals surface area contributed by atoms with Crippen molar-refractivity contribution in [3.8, 4) is 0 Å². The maximum absolute atomic E-state index is 12.2. The molecule has 0 aromatic heterocycles. The summed E-state index contributed by atoms with van der Waals surface area (Å²) < 4.78 is 11.1.